The van der Waals surface area contributed by atoms with E-state index in [0.717, 1.165) is 66.4 Å². The maximum Gasteiger partial charge on any atom is 0.255 e. The maximum atomic E-state index is 13.4. The molecule has 1 amide bonds. The van der Waals surface area contributed by atoms with Crippen molar-refractivity contribution >= 4 is 16.8 Å². The van der Waals surface area contributed by atoms with Crippen LogP contribution < -0.4 is 0 Å². The Labute approximate surface area is 142 Å². The Balaban J connectivity index is 1.91. The average Bonchev–Trinajstić information content (AvgIpc) is 3.08. The second-order valence-corrected chi connectivity index (χ2v) is 7.14. The lowest BCUT2D eigenvalue weighted by Crippen LogP contribution is -2.38. The molecule has 1 N–H and O–H groups in total. The molecule has 0 bridgehead atoms. The Morgan fingerprint density at radius 2 is 2.12 bits per heavy atom. The van der Waals surface area contributed by atoms with Crippen molar-refractivity contribution in [1.82, 2.24) is 9.88 Å². The molecule has 4 rings (SSSR count). The third-order valence-corrected chi connectivity index (χ3v) is 5.62. The molecule has 4 nitrogen and oxygen atoms in total. The Morgan fingerprint density at radius 3 is 2.96 bits per heavy atom. The molecule has 2 heterocycles. The number of pyridine rings is 1. The lowest BCUT2D eigenvalue weighted by molar-refractivity contribution is 0.0678. The smallest absolute Gasteiger partial charge is 0.255 e. The Hall–Kier alpha value is -1.94. The highest BCUT2D eigenvalue weighted by atomic mass is 16.3. The van der Waals surface area contributed by atoms with E-state index >= 15 is 0 Å². The minimum absolute atomic E-state index is 0.0407. The van der Waals surface area contributed by atoms with Gasteiger partial charge in [0.2, 0.25) is 0 Å². The number of carbonyl (C=O) groups excluding carboxylic acids is 1. The van der Waals surface area contributed by atoms with Crippen LogP contribution in [0.15, 0.2) is 24.3 Å². The summed E-state index contributed by atoms with van der Waals surface area (Å²) in [6, 6.07) is 7.93. The van der Waals surface area contributed by atoms with Crippen LogP contribution in [0.1, 0.15) is 60.1 Å². The van der Waals surface area contributed by atoms with E-state index in [4.69, 9.17) is 4.98 Å². The molecule has 2 atom stereocenters. The van der Waals surface area contributed by atoms with Crippen molar-refractivity contribution in [2.75, 3.05) is 13.2 Å². The normalized spacial score (nSPS) is 23.5. The number of fused-ring (bicyclic) bond motifs is 2. The predicted molar refractivity (Wildman–Crippen MR) is 94.2 cm³/mol. The fourth-order valence-corrected chi connectivity index (χ4v) is 4.33. The number of hydrogen-bond acceptors (Lipinski definition) is 3. The number of rotatable bonds is 2. The quantitative estimate of drug-likeness (QED) is 0.922. The summed E-state index contributed by atoms with van der Waals surface area (Å²) in [6.45, 7) is 3.00. The van der Waals surface area contributed by atoms with Crippen molar-refractivity contribution in [3.8, 4) is 0 Å². The van der Waals surface area contributed by atoms with Crippen LogP contribution in [0.25, 0.3) is 10.9 Å². The van der Waals surface area contributed by atoms with Crippen LogP contribution in [0.5, 0.6) is 0 Å². The molecule has 24 heavy (non-hydrogen) atoms. The van der Waals surface area contributed by atoms with Crippen molar-refractivity contribution in [2.45, 2.75) is 51.0 Å². The second kappa shape index (κ2) is 6.17. The fraction of sp³-hybridized carbons (Fsp3) is 0.500. The summed E-state index contributed by atoms with van der Waals surface area (Å²) in [4.78, 5) is 20.2. The zero-order valence-electron chi connectivity index (χ0n) is 14.2. The first-order valence-corrected chi connectivity index (χ1v) is 9.04. The van der Waals surface area contributed by atoms with E-state index in [9.17, 15) is 9.90 Å². The first-order chi connectivity index (χ1) is 11.7. The molecule has 1 aliphatic carbocycles. The Kier molecular flexibility index (Phi) is 4.01. The number of para-hydroxylation sites is 1. The molecule has 1 aliphatic heterocycles. The number of aliphatic hydroxyl groups excluding tert-OH is 1. The first-order valence-electron chi connectivity index (χ1n) is 9.04. The molecule has 126 valence electrons. The molecule has 0 radical (unpaired) electrons. The standard InChI is InChI=1S/C20H24N2O2/c1-13-6-4-9-16-18(20(24)22-11-5-7-14(22)12-23)15-8-2-3-10-17(15)21-19(13)16/h2-3,8,10,13-14,23H,4-7,9,11-12H2,1H3/t13?,14-/m0/s1. The number of benzene rings is 1. The molecule has 1 unspecified atom stereocenters. The van der Waals surface area contributed by atoms with Crippen molar-refractivity contribution in [1.29, 1.82) is 0 Å². The molecule has 4 heteroatoms. The molecule has 1 aromatic heterocycles. The van der Waals surface area contributed by atoms with Gasteiger partial charge >= 0.3 is 0 Å². The number of aliphatic hydroxyl groups is 1. The Morgan fingerprint density at radius 1 is 1.29 bits per heavy atom. The summed E-state index contributed by atoms with van der Waals surface area (Å²) >= 11 is 0. The number of carbonyl (C=O) groups is 1. The molecule has 1 fully saturated rings. The van der Waals surface area contributed by atoms with Gasteiger partial charge in [-0.15, -0.1) is 0 Å². The van der Waals surface area contributed by atoms with Crippen molar-refractivity contribution in [2.24, 2.45) is 0 Å². The topological polar surface area (TPSA) is 53.4 Å². The van der Waals surface area contributed by atoms with Crippen LogP contribution in [0.3, 0.4) is 0 Å². The molecule has 1 saturated heterocycles. The van der Waals surface area contributed by atoms with E-state index < -0.39 is 0 Å². The van der Waals surface area contributed by atoms with Gasteiger partial charge in [0, 0.05) is 17.6 Å². The molecule has 0 saturated carbocycles. The van der Waals surface area contributed by atoms with Crippen molar-refractivity contribution < 1.29 is 9.90 Å². The molecule has 1 aromatic carbocycles. The van der Waals surface area contributed by atoms with E-state index in [1.165, 1.54) is 0 Å². The van der Waals surface area contributed by atoms with E-state index in [2.05, 4.69) is 6.92 Å². The van der Waals surface area contributed by atoms with Gasteiger partial charge in [0.1, 0.15) is 0 Å². The summed E-state index contributed by atoms with van der Waals surface area (Å²) in [7, 11) is 0. The summed E-state index contributed by atoms with van der Waals surface area (Å²) < 4.78 is 0. The molecule has 0 spiro atoms. The van der Waals surface area contributed by atoms with E-state index in [1.807, 2.05) is 29.2 Å². The van der Waals surface area contributed by atoms with E-state index in [1.54, 1.807) is 0 Å². The molecular weight excluding hydrogens is 300 g/mol. The largest absolute Gasteiger partial charge is 0.394 e. The van der Waals surface area contributed by atoms with Crippen LogP contribution in [0, 0.1) is 0 Å². The van der Waals surface area contributed by atoms with Gasteiger partial charge in [-0.25, -0.2) is 0 Å². The van der Waals surface area contributed by atoms with E-state index in [0.29, 0.717) is 5.92 Å². The minimum atomic E-state index is -0.0407. The van der Waals surface area contributed by atoms with Gasteiger partial charge in [-0.05, 0) is 49.7 Å². The Bertz CT molecular complexity index is 787. The highest BCUT2D eigenvalue weighted by Gasteiger charge is 2.33. The van der Waals surface area contributed by atoms with Crippen LogP contribution >= 0.6 is 0 Å². The number of aromatic nitrogens is 1. The first kappa shape index (κ1) is 15.6. The number of amides is 1. The van der Waals surface area contributed by atoms with E-state index in [-0.39, 0.29) is 18.6 Å². The molecule has 2 aliphatic rings. The summed E-state index contributed by atoms with van der Waals surface area (Å²) in [6.07, 6.45) is 5.03. The molecule has 2 aromatic rings. The fourth-order valence-electron chi connectivity index (χ4n) is 4.33. The van der Waals surface area contributed by atoms with Gasteiger partial charge in [0.05, 0.1) is 23.7 Å². The van der Waals surface area contributed by atoms with Crippen LogP contribution in [-0.2, 0) is 6.42 Å². The van der Waals surface area contributed by atoms with Gasteiger partial charge in [0.15, 0.2) is 0 Å². The monoisotopic (exact) mass is 324 g/mol. The zero-order valence-corrected chi connectivity index (χ0v) is 14.2. The predicted octanol–water partition coefficient (Wildman–Crippen LogP) is 3.27. The van der Waals surface area contributed by atoms with Gasteiger partial charge in [-0.3, -0.25) is 9.78 Å². The van der Waals surface area contributed by atoms with Crippen LogP contribution in [0.2, 0.25) is 0 Å². The summed E-state index contributed by atoms with van der Waals surface area (Å²) in [5.41, 5.74) is 3.99. The third-order valence-electron chi connectivity index (χ3n) is 5.62. The summed E-state index contributed by atoms with van der Waals surface area (Å²) in [5.74, 6) is 0.479. The maximum absolute atomic E-state index is 13.4. The number of likely N-dealkylation sites (tertiary alicyclic amines) is 1. The number of hydrogen-bond donors (Lipinski definition) is 1. The molecular formula is C20H24N2O2. The second-order valence-electron chi connectivity index (χ2n) is 7.14. The SMILES string of the molecule is CC1CCCc2c1nc1ccccc1c2C(=O)N1CCC[C@H]1CO. The van der Waals surface area contributed by atoms with Gasteiger partial charge in [-0.1, -0.05) is 25.1 Å². The van der Waals surface area contributed by atoms with Gasteiger partial charge < -0.3 is 10.0 Å². The van der Waals surface area contributed by atoms with Crippen molar-refractivity contribution in [3.63, 3.8) is 0 Å². The van der Waals surface area contributed by atoms with Gasteiger partial charge in [0.25, 0.3) is 5.91 Å². The van der Waals surface area contributed by atoms with Crippen LogP contribution in [0.4, 0.5) is 0 Å². The lowest BCUT2D eigenvalue weighted by Gasteiger charge is -2.28. The highest BCUT2D eigenvalue weighted by molar-refractivity contribution is 6.08. The third kappa shape index (κ3) is 2.40. The number of nitrogens with zero attached hydrogens (tertiary/aromatic N) is 2. The lowest BCUT2D eigenvalue weighted by atomic mass is 9.83. The minimum Gasteiger partial charge on any atom is -0.394 e. The van der Waals surface area contributed by atoms with Crippen LogP contribution in [-0.4, -0.2) is 40.1 Å². The van der Waals surface area contributed by atoms with Crippen molar-refractivity contribution in [3.05, 3.63) is 41.1 Å². The van der Waals surface area contributed by atoms with Gasteiger partial charge in [-0.2, -0.15) is 0 Å². The summed E-state index contributed by atoms with van der Waals surface area (Å²) in [5, 5.41) is 10.6. The highest BCUT2D eigenvalue weighted by Crippen LogP contribution is 2.36. The average molecular weight is 324 g/mol. The zero-order chi connectivity index (χ0) is 16.7.